The summed E-state index contributed by atoms with van der Waals surface area (Å²) in [6.07, 6.45) is 0. The van der Waals surface area contributed by atoms with E-state index >= 15 is 0 Å². The Bertz CT molecular complexity index is 296. The Morgan fingerprint density at radius 2 is 1.92 bits per heavy atom. The van der Waals surface area contributed by atoms with Crippen molar-refractivity contribution in [1.29, 1.82) is 0 Å². The van der Waals surface area contributed by atoms with Gasteiger partial charge in [-0.3, -0.25) is 4.21 Å². The zero-order valence-electron chi connectivity index (χ0n) is 6.71. The normalized spacial score (nSPS) is 15.2. The van der Waals surface area contributed by atoms with Gasteiger partial charge in [-0.1, -0.05) is 12.1 Å². The Morgan fingerprint density at radius 3 is 2.31 bits per heavy atom. The van der Waals surface area contributed by atoms with Gasteiger partial charge in [-0.05, 0) is 28.8 Å². The van der Waals surface area contributed by atoms with Crippen molar-refractivity contribution in [1.82, 2.24) is 0 Å². The Labute approximate surface area is 78.1 Å². The second kappa shape index (κ2) is 4.36. The maximum absolute atomic E-state index is 10.6. The molecule has 0 bridgehead atoms. The summed E-state index contributed by atoms with van der Waals surface area (Å²) in [4.78, 5) is 0. The van der Waals surface area contributed by atoms with Crippen LogP contribution >= 0.6 is 0 Å². The van der Waals surface area contributed by atoms with E-state index in [1.807, 2.05) is 0 Å². The van der Waals surface area contributed by atoms with Crippen LogP contribution in [0.2, 0.25) is 0 Å². The van der Waals surface area contributed by atoms with Gasteiger partial charge in [0, 0.05) is 0 Å². The van der Waals surface area contributed by atoms with E-state index in [2.05, 4.69) is 0 Å². The monoisotopic (exact) mass is 201 g/mol. The smallest absolute Gasteiger partial charge is 0.115 e. The second-order valence-corrected chi connectivity index (χ2v) is 3.61. The van der Waals surface area contributed by atoms with Crippen LogP contribution in [0.25, 0.3) is 0 Å². The van der Waals surface area contributed by atoms with Gasteiger partial charge >= 0.3 is 0 Å². The van der Waals surface area contributed by atoms with Crippen molar-refractivity contribution in [3.05, 3.63) is 29.8 Å². The van der Waals surface area contributed by atoms with Crippen LogP contribution in [-0.2, 0) is 11.1 Å². The van der Waals surface area contributed by atoms with Gasteiger partial charge in [-0.2, -0.15) is 0 Å². The predicted octanol–water partition coefficient (Wildman–Crippen LogP) is 0.305. The molecule has 0 aliphatic rings. The van der Waals surface area contributed by atoms with Crippen LogP contribution in [0.1, 0.15) is 10.8 Å². The first-order chi connectivity index (χ1) is 6.15. The predicted molar refractivity (Wildman–Crippen MR) is 46.9 cm³/mol. The highest BCUT2D eigenvalue weighted by atomic mass is 32.2. The number of phenolic OH excluding ortho intramolecular Hbond substituents is 1. The summed E-state index contributed by atoms with van der Waals surface area (Å²) in [5.74, 6) is 0.0668. The van der Waals surface area contributed by atoms with Crippen molar-refractivity contribution in [2.75, 3.05) is 6.61 Å². The fourth-order valence-electron chi connectivity index (χ4n) is 0.966. The van der Waals surface area contributed by atoms with Gasteiger partial charge in [0.1, 0.15) is 5.75 Å². The third kappa shape index (κ3) is 2.51. The molecule has 0 saturated carbocycles. The molecule has 0 aliphatic carbocycles. The van der Waals surface area contributed by atoms with E-state index in [0.29, 0.717) is 5.56 Å². The minimum absolute atomic E-state index is 0.0668. The zero-order chi connectivity index (χ0) is 9.84. The van der Waals surface area contributed by atoms with Gasteiger partial charge in [-0.15, -0.1) is 0 Å². The van der Waals surface area contributed by atoms with Crippen LogP contribution < -0.4 is 0 Å². The standard InChI is InChI=1S/C8H10O4S/c9-5-8(13(11)12)6-1-3-7(10)4-2-6/h1-4,8-10H,5H2,(H,11,12)/p-1. The van der Waals surface area contributed by atoms with Crippen LogP contribution in [0, 0.1) is 0 Å². The summed E-state index contributed by atoms with van der Waals surface area (Å²) in [6.45, 7) is -0.457. The van der Waals surface area contributed by atoms with Crippen molar-refractivity contribution in [3.8, 4) is 5.75 Å². The molecule has 2 atom stereocenters. The highest BCUT2D eigenvalue weighted by Gasteiger charge is 2.10. The zero-order valence-corrected chi connectivity index (χ0v) is 7.53. The highest BCUT2D eigenvalue weighted by molar-refractivity contribution is 7.79. The van der Waals surface area contributed by atoms with E-state index in [1.54, 1.807) is 0 Å². The maximum Gasteiger partial charge on any atom is 0.115 e. The van der Waals surface area contributed by atoms with Crippen LogP contribution in [-0.4, -0.2) is 25.6 Å². The lowest BCUT2D eigenvalue weighted by molar-refractivity contribution is 0.289. The van der Waals surface area contributed by atoms with Gasteiger partial charge in [0.2, 0.25) is 0 Å². The van der Waals surface area contributed by atoms with Crippen molar-refractivity contribution in [2.24, 2.45) is 0 Å². The van der Waals surface area contributed by atoms with Gasteiger partial charge < -0.3 is 14.8 Å². The number of phenols is 1. The van der Waals surface area contributed by atoms with E-state index in [9.17, 15) is 8.76 Å². The van der Waals surface area contributed by atoms with Gasteiger partial charge in [0.05, 0.1) is 11.9 Å². The Hall–Kier alpha value is -0.910. The molecule has 0 amide bonds. The number of aromatic hydroxyl groups is 1. The molecule has 5 heteroatoms. The third-order valence-corrected chi connectivity index (χ3v) is 2.55. The first-order valence-corrected chi connectivity index (χ1v) is 4.77. The Balaban J connectivity index is 2.92. The van der Waals surface area contributed by atoms with Crippen molar-refractivity contribution < 1.29 is 19.0 Å². The van der Waals surface area contributed by atoms with E-state index in [-0.39, 0.29) is 5.75 Å². The van der Waals surface area contributed by atoms with Gasteiger partial charge in [0.15, 0.2) is 0 Å². The van der Waals surface area contributed by atoms with E-state index in [4.69, 9.17) is 10.2 Å². The molecule has 0 heterocycles. The summed E-state index contributed by atoms with van der Waals surface area (Å²) in [5.41, 5.74) is 0.466. The molecule has 2 unspecified atom stereocenters. The molecule has 2 N–H and O–H groups in total. The van der Waals surface area contributed by atoms with Crippen LogP contribution in [0.5, 0.6) is 5.75 Å². The summed E-state index contributed by atoms with van der Waals surface area (Å²) < 4.78 is 21.2. The number of hydrogen-bond acceptors (Lipinski definition) is 4. The number of aliphatic hydroxyl groups is 1. The Morgan fingerprint density at radius 1 is 1.38 bits per heavy atom. The summed E-state index contributed by atoms with van der Waals surface area (Å²) in [7, 11) is 0. The van der Waals surface area contributed by atoms with Crippen LogP contribution in [0.3, 0.4) is 0 Å². The van der Waals surface area contributed by atoms with Crippen molar-refractivity contribution >= 4 is 11.1 Å². The number of aliphatic hydroxyl groups excluding tert-OH is 1. The van der Waals surface area contributed by atoms with E-state index in [0.717, 1.165) is 0 Å². The first kappa shape index (κ1) is 10.2. The molecular formula is C8H9O4S-. The molecule has 0 aliphatic heterocycles. The number of benzene rings is 1. The SMILES string of the molecule is O=S([O-])C(CO)c1ccc(O)cc1. The van der Waals surface area contributed by atoms with Crippen molar-refractivity contribution in [3.63, 3.8) is 0 Å². The van der Waals surface area contributed by atoms with Crippen molar-refractivity contribution in [2.45, 2.75) is 5.25 Å². The molecular weight excluding hydrogens is 192 g/mol. The molecule has 1 aromatic rings. The first-order valence-electron chi connectivity index (χ1n) is 3.63. The minimum Gasteiger partial charge on any atom is -0.772 e. The topological polar surface area (TPSA) is 80.6 Å². The fraction of sp³-hybridized carbons (Fsp3) is 0.250. The summed E-state index contributed by atoms with van der Waals surface area (Å²) in [5, 5.41) is 16.8. The lowest BCUT2D eigenvalue weighted by Gasteiger charge is -2.17. The molecule has 13 heavy (non-hydrogen) atoms. The number of rotatable bonds is 3. The molecule has 0 fully saturated rings. The minimum atomic E-state index is -2.34. The lowest BCUT2D eigenvalue weighted by Crippen LogP contribution is -2.09. The summed E-state index contributed by atoms with van der Waals surface area (Å²) in [6, 6.07) is 5.69. The fourth-order valence-corrected chi connectivity index (χ4v) is 1.47. The molecule has 1 rings (SSSR count). The molecule has 0 saturated heterocycles. The maximum atomic E-state index is 10.6. The van der Waals surface area contributed by atoms with Gasteiger partial charge in [0.25, 0.3) is 0 Å². The number of hydrogen-bond donors (Lipinski definition) is 2. The van der Waals surface area contributed by atoms with E-state index in [1.165, 1.54) is 24.3 Å². The largest absolute Gasteiger partial charge is 0.772 e. The van der Waals surface area contributed by atoms with E-state index < -0.39 is 22.9 Å². The van der Waals surface area contributed by atoms with Crippen LogP contribution in [0.15, 0.2) is 24.3 Å². The highest BCUT2D eigenvalue weighted by Crippen LogP contribution is 2.20. The average molecular weight is 201 g/mol. The Kier molecular flexibility index (Phi) is 3.41. The molecule has 4 nitrogen and oxygen atoms in total. The third-order valence-electron chi connectivity index (χ3n) is 1.66. The van der Waals surface area contributed by atoms with Gasteiger partial charge in [-0.25, -0.2) is 0 Å². The molecule has 0 spiro atoms. The molecule has 0 radical (unpaired) electrons. The molecule has 1 aromatic carbocycles. The average Bonchev–Trinajstić information content (AvgIpc) is 2.09. The molecule has 0 aromatic heterocycles. The molecule has 72 valence electrons. The summed E-state index contributed by atoms with van der Waals surface area (Å²) >= 11 is -2.34. The quantitative estimate of drug-likeness (QED) is 0.689. The second-order valence-electron chi connectivity index (χ2n) is 2.52. The van der Waals surface area contributed by atoms with Crippen LogP contribution in [0.4, 0.5) is 0 Å². The lowest BCUT2D eigenvalue weighted by atomic mass is 10.1.